The quantitative estimate of drug-likeness (QED) is 0.637. The molecule has 0 aromatic rings. The summed E-state index contributed by atoms with van der Waals surface area (Å²) in [6, 6.07) is -0.136. The molecule has 0 bridgehead atoms. The van der Waals surface area contributed by atoms with Crippen LogP contribution in [0, 0.1) is 11.3 Å². The Morgan fingerprint density at radius 1 is 1.50 bits per heavy atom. The van der Waals surface area contributed by atoms with Crippen molar-refractivity contribution in [1.29, 1.82) is 0 Å². The molecule has 0 saturated carbocycles. The minimum absolute atomic E-state index is 0.0516. The summed E-state index contributed by atoms with van der Waals surface area (Å²) in [5.41, 5.74) is -0.310. The van der Waals surface area contributed by atoms with Crippen molar-refractivity contribution in [3.8, 4) is 0 Å². The van der Waals surface area contributed by atoms with E-state index in [9.17, 15) is 9.59 Å². The molecule has 1 saturated heterocycles. The molecule has 3 unspecified atom stereocenters. The normalized spacial score (nSPS) is 34.7. The van der Waals surface area contributed by atoms with Crippen molar-refractivity contribution in [2.75, 3.05) is 13.1 Å². The number of hydrogen-bond donors (Lipinski definition) is 3. The highest BCUT2D eigenvalue weighted by atomic mass is 16.4. The average Bonchev–Trinajstić information content (AvgIpc) is 2.97. The third-order valence-corrected chi connectivity index (χ3v) is 4.12. The molecule has 1 aliphatic heterocycles. The monoisotopic (exact) mass is 252 g/mol. The van der Waals surface area contributed by atoms with E-state index >= 15 is 0 Å². The van der Waals surface area contributed by atoms with Crippen molar-refractivity contribution in [2.24, 2.45) is 11.3 Å². The van der Waals surface area contributed by atoms with Crippen LogP contribution in [0.3, 0.4) is 0 Å². The van der Waals surface area contributed by atoms with E-state index < -0.39 is 11.9 Å². The Kier molecular flexibility index (Phi) is 3.71. The van der Waals surface area contributed by atoms with Gasteiger partial charge in [-0.25, -0.2) is 0 Å². The van der Waals surface area contributed by atoms with E-state index in [1.54, 1.807) is 12.2 Å². The molecule has 100 valence electrons. The lowest BCUT2D eigenvalue weighted by Crippen LogP contribution is -2.45. The van der Waals surface area contributed by atoms with Crippen molar-refractivity contribution in [3.63, 3.8) is 0 Å². The van der Waals surface area contributed by atoms with Crippen LogP contribution in [0.4, 0.5) is 0 Å². The van der Waals surface area contributed by atoms with E-state index in [1.807, 2.05) is 6.92 Å². The minimum atomic E-state index is -0.823. The lowest BCUT2D eigenvalue weighted by atomic mass is 9.83. The summed E-state index contributed by atoms with van der Waals surface area (Å²) in [5, 5.41) is 15.1. The molecule has 1 heterocycles. The maximum atomic E-state index is 12.3. The fourth-order valence-electron chi connectivity index (χ4n) is 2.71. The first kappa shape index (κ1) is 13.1. The van der Waals surface area contributed by atoms with Crippen molar-refractivity contribution in [1.82, 2.24) is 10.6 Å². The second-order valence-electron chi connectivity index (χ2n) is 5.21. The third kappa shape index (κ3) is 2.41. The number of amides is 1. The van der Waals surface area contributed by atoms with Gasteiger partial charge in [0.05, 0.1) is 11.3 Å². The predicted molar refractivity (Wildman–Crippen MR) is 67.0 cm³/mol. The van der Waals surface area contributed by atoms with E-state index in [0.717, 1.165) is 19.4 Å². The molecule has 1 aliphatic carbocycles. The fourth-order valence-corrected chi connectivity index (χ4v) is 2.71. The van der Waals surface area contributed by atoms with E-state index in [-0.39, 0.29) is 17.4 Å². The molecular weight excluding hydrogens is 232 g/mol. The lowest BCUT2D eigenvalue weighted by molar-refractivity contribution is -0.140. The van der Waals surface area contributed by atoms with Crippen LogP contribution in [0.25, 0.3) is 0 Å². The van der Waals surface area contributed by atoms with Gasteiger partial charge >= 0.3 is 5.97 Å². The second-order valence-corrected chi connectivity index (χ2v) is 5.21. The standard InChI is InChI=1S/C13H20N2O3/c1-2-13(5-6-14-8-13)12(18)15-10-4-3-9(7-10)11(16)17/h3-4,9-10,14H,2,5-8H2,1H3,(H,15,18)(H,16,17). The van der Waals surface area contributed by atoms with Crippen LogP contribution in [0.1, 0.15) is 26.2 Å². The number of carboxylic acid groups (broad SMARTS) is 1. The highest BCUT2D eigenvalue weighted by Gasteiger charge is 2.40. The number of carbonyl (C=O) groups excluding carboxylic acids is 1. The Hall–Kier alpha value is -1.36. The number of aliphatic carboxylic acids is 1. The molecule has 1 fully saturated rings. The Morgan fingerprint density at radius 3 is 2.78 bits per heavy atom. The van der Waals surface area contributed by atoms with Crippen LogP contribution in [-0.4, -0.2) is 36.1 Å². The predicted octanol–water partition coefficient (Wildman–Crippen LogP) is 0.522. The highest BCUT2D eigenvalue weighted by Crippen LogP contribution is 2.30. The maximum absolute atomic E-state index is 12.3. The van der Waals surface area contributed by atoms with Crippen molar-refractivity contribution in [2.45, 2.75) is 32.2 Å². The molecule has 0 radical (unpaired) electrons. The summed E-state index contributed by atoms with van der Waals surface area (Å²) >= 11 is 0. The Balaban J connectivity index is 1.93. The molecule has 5 nitrogen and oxygen atoms in total. The molecule has 3 N–H and O–H groups in total. The van der Waals surface area contributed by atoms with Crippen LogP contribution in [-0.2, 0) is 9.59 Å². The average molecular weight is 252 g/mol. The molecule has 3 atom stereocenters. The van der Waals surface area contributed by atoms with Gasteiger partial charge in [-0.3, -0.25) is 9.59 Å². The molecule has 0 spiro atoms. The van der Waals surface area contributed by atoms with E-state index in [1.165, 1.54) is 0 Å². The highest BCUT2D eigenvalue weighted by molar-refractivity contribution is 5.84. The van der Waals surface area contributed by atoms with Gasteiger partial charge in [-0.2, -0.15) is 0 Å². The molecule has 2 rings (SSSR count). The van der Waals surface area contributed by atoms with Crippen LogP contribution >= 0.6 is 0 Å². The number of nitrogens with one attached hydrogen (secondary N) is 2. The summed E-state index contributed by atoms with van der Waals surface area (Å²) in [7, 11) is 0. The van der Waals surface area contributed by atoms with E-state index in [0.29, 0.717) is 13.0 Å². The first-order valence-electron chi connectivity index (χ1n) is 6.50. The molecule has 18 heavy (non-hydrogen) atoms. The summed E-state index contributed by atoms with van der Waals surface area (Å²) in [4.78, 5) is 23.1. The van der Waals surface area contributed by atoms with Gasteiger partial charge in [-0.1, -0.05) is 19.1 Å². The van der Waals surface area contributed by atoms with Gasteiger partial charge < -0.3 is 15.7 Å². The van der Waals surface area contributed by atoms with Crippen LogP contribution in [0.15, 0.2) is 12.2 Å². The van der Waals surface area contributed by atoms with Crippen LogP contribution < -0.4 is 10.6 Å². The number of carbonyl (C=O) groups is 2. The minimum Gasteiger partial charge on any atom is -0.481 e. The topological polar surface area (TPSA) is 78.4 Å². The van der Waals surface area contributed by atoms with Gasteiger partial charge in [0.1, 0.15) is 0 Å². The molecule has 5 heteroatoms. The van der Waals surface area contributed by atoms with Gasteiger partial charge in [0, 0.05) is 12.6 Å². The summed E-state index contributed by atoms with van der Waals surface area (Å²) in [5.74, 6) is -1.24. The van der Waals surface area contributed by atoms with Crippen molar-refractivity contribution < 1.29 is 14.7 Å². The second kappa shape index (κ2) is 5.10. The lowest BCUT2D eigenvalue weighted by Gasteiger charge is -2.27. The molecular formula is C13H20N2O3. The van der Waals surface area contributed by atoms with Crippen LogP contribution in [0.2, 0.25) is 0 Å². The van der Waals surface area contributed by atoms with Crippen molar-refractivity contribution in [3.05, 3.63) is 12.2 Å². The molecule has 1 amide bonds. The Bertz CT molecular complexity index is 372. The number of rotatable bonds is 4. The van der Waals surface area contributed by atoms with Gasteiger partial charge in [-0.15, -0.1) is 0 Å². The zero-order valence-electron chi connectivity index (χ0n) is 10.6. The molecule has 0 aromatic carbocycles. The summed E-state index contributed by atoms with van der Waals surface area (Å²) in [6.45, 7) is 3.62. The smallest absolute Gasteiger partial charge is 0.310 e. The number of hydrogen-bond acceptors (Lipinski definition) is 3. The first-order valence-corrected chi connectivity index (χ1v) is 6.50. The summed E-state index contributed by atoms with van der Waals surface area (Å²) < 4.78 is 0. The number of carboxylic acids is 1. The third-order valence-electron chi connectivity index (χ3n) is 4.12. The van der Waals surface area contributed by atoms with Gasteiger partial charge in [0.25, 0.3) is 0 Å². The molecule has 0 aromatic heterocycles. The van der Waals surface area contributed by atoms with Crippen molar-refractivity contribution >= 4 is 11.9 Å². The van der Waals surface area contributed by atoms with Crippen LogP contribution in [0.5, 0.6) is 0 Å². The molecule has 2 aliphatic rings. The van der Waals surface area contributed by atoms with E-state index in [4.69, 9.17) is 5.11 Å². The Morgan fingerprint density at radius 2 is 2.28 bits per heavy atom. The fraction of sp³-hybridized carbons (Fsp3) is 0.692. The largest absolute Gasteiger partial charge is 0.481 e. The van der Waals surface area contributed by atoms with E-state index in [2.05, 4.69) is 10.6 Å². The Labute approximate surface area is 107 Å². The SMILES string of the molecule is CCC1(C(=O)NC2C=CC(C(=O)O)C2)CCNC1. The summed E-state index contributed by atoms with van der Waals surface area (Å²) in [6.07, 6.45) is 5.59. The van der Waals surface area contributed by atoms with Gasteiger partial charge in [-0.05, 0) is 25.8 Å². The first-order chi connectivity index (χ1) is 8.57. The zero-order valence-corrected chi connectivity index (χ0v) is 10.6. The maximum Gasteiger partial charge on any atom is 0.310 e. The van der Waals surface area contributed by atoms with Gasteiger partial charge in [0.2, 0.25) is 5.91 Å². The zero-order chi connectivity index (χ0) is 13.2. The van der Waals surface area contributed by atoms with Gasteiger partial charge in [0.15, 0.2) is 0 Å².